The molecule has 1 aromatic rings. The summed E-state index contributed by atoms with van der Waals surface area (Å²) >= 11 is 0. The van der Waals surface area contributed by atoms with Crippen molar-refractivity contribution in [3.8, 4) is 5.75 Å². The summed E-state index contributed by atoms with van der Waals surface area (Å²) in [4.78, 5) is 24.5. The van der Waals surface area contributed by atoms with Crippen molar-refractivity contribution in [1.82, 2.24) is 4.90 Å². The van der Waals surface area contributed by atoms with Crippen LogP contribution in [0.25, 0.3) is 0 Å². The molecule has 1 amide bonds. The van der Waals surface area contributed by atoms with E-state index in [2.05, 4.69) is 4.74 Å². The second-order valence-electron chi connectivity index (χ2n) is 4.05. The van der Waals surface area contributed by atoms with Crippen LogP contribution in [0.4, 0.5) is 0 Å². The van der Waals surface area contributed by atoms with E-state index in [1.165, 1.54) is 18.0 Å². The molecule has 3 N–H and O–H groups in total. The van der Waals surface area contributed by atoms with Crippen LogP contribution < -0.4 is 5.73 Å². The van der Waals surface area contributed by atoms with Crippen LogP contribution >= 0.6 is 0 Å². The highest BCUT2D eigenvalue weighted by atomic mass is 16.5. The summed E-state index contributed by atoms with van der Waals surface area (Å²) in [6, 6.07) is 5.31. The lowest BCUT2D eigenvalue weighted by atomic mass is 10.2. The molecule has 0 fully saturated rings. The molecule has 0 aliphatic carbocycles. The van der Waals surface area contributed by atoms with Crippen LogP contribution in [0.15, 0.2) is 24.3 Å². The summed E-state index contributed by atoms with van der Waals surface area (Å²) in [6.45, 7) is 1.97. The van der Waals surface area contributed by atoms with Gasteiger partial charge in [-0.15, -0.1) is 0 Å². The highest BCUT2D eigenvalue weighted by Crippen LogP contribution is 2.17. The van der Waals surface area contributed by atoms with Crippen LogP contribution in [0, 0.1) is 0 Å². The van der Waals surface area contributed by atoms with Crippen LogP contribution in [0.5, 0.6) is 5.75 Å². The van der Waals surface area contributed by atoms with E-state index in [1.807, 2.05) is 0 Å². The van der Waals surface area contributed by atoms with Crippen LogP contribution in [0.1, 0.15) is 12.5 Å². The van der Waals surface area contributed by atoms with Crippen molar-refractivity contribution < 1.29 is 19.4 Å². The Morgan fingerprint density at radius 1 is 1.42 bits per heavy atom. The van der Waals surface area contributed by atoms with Gasteiger partial charge in [-0.25, -0.2) is 4.79 Å². The van der Waals surface area contributed by atoms with Gasteiger partial charge in [-0.2, -0.15) is 0 Å². The molecule has 0 bridgehead atoms. The number of phenols is 1. The van der Waals surface area contributed by atoms with Gasteiger partial charge >= 0.3 is 5.97 Å². The fraction of sp³-hybridized carbons (Fsp3) is 0.385. The number of nitrogens with zero attached hydrogens (tertiary/aromatic N) is 1. The number of carbonyl (C=O) groups excluding carboxylic acids is 2. The predicted molar refractivity (Wildman–Crippen MR) is 69.2 cm³/mol. The number of amides is 1. The maximum atomic E-state index is 11.9. The Balaban J connectivity index is 2.68. The number of hydrogen-bond acceptors (Lipinski definition) is 5. The number of aromatic hydroxyl groups is 1. The second-order valence-corrected chi connectivity index (χ2v) is 4.05. The third kappa shape index (κ3) is 3.96. The minimum Gasteiger partial charge on any atom is -0.508 e. The smallest absolute Gasteiger partial charge is 0.332 e. The van der Waals surface area contributed by atoms with Gasteiger partial charge < -0.3 is 20.5 Å². The van der Waals surface area contributed by atoms with Crippen molar-refractivity contribution in [1.29, 1.82) is 0 Å². The van der Waals surface area contributed by atoms with Crippen molar-refractivity contribution in [3.05, 3.63) is 29.8 Å². The number of nitrogens with two attached hydrogens (primary N) is 1. The molecule has 0 aliphatic heterocycles. The first-order chi connectivity index (χ1) is 8.97. The van der Waals surface area contributed by atoms with Gasteiger partial charge in [0, 0.05) is 19.2 Å². The van der Waals surface area contributed by atoms with Crippen LogP contribution in [0.3, 0.4) is 0 Å². The van der Waals surface area contributed by atoms with Crippen LogP contribution in [-0.2, 0) is 20.9 Å². The Bertz CT molecular complexity index is 462. The average Bonchev–Trinajstić information content (AvgIpc) is 2.39. The van der Waals surface area contributed by atoms with Gasteiger partial charge in [0.15, 0.2) is 6.04 Å². The number of ether oxygens (including phenoxy) is 1. The summed E-state index contributed by atoms with van der Waals surface area (Å²) in [5.74, 6) is -1.22. The Kier molecular flexibility index (Phi) is 5.32. The quantitative estimate of drug-likeness (QED) is 0.588. The highest BCUT2D eigenvalue weighted by molar-refractivity contribution is 6.01. The minimum absolute atomic E-state index is 0.0897. The number of phenolic OH excluding ortho intramolecular Hbond substituents is 1. The lowest BCUT2D eigenvalue weighted by molar-refractivity contribution is -0.150. The summed E-state index contributed by atoms with van der Waals surface area (Å²) in [5, 5.41) is 9.61. The first-order valence-electron chi connectivity index (χ1n) is 5.91. The Morgan fingerprint density at radius 3 is 2.63 bits per heavy atom. The fourth-order valence-electron chi connectivity index (χ4n) is 1.55. The average molecular weight is 266 g/mol. The summed E-state index contributed by atoms with van der Waals surface area (Å²) in [5.41, 5.74) is 6.09. The summed E-state index contributed by atoms with van der Waals surface area (Å²) < 4.78 is 4.69. The normalized spacial score (nSPS) is 11.7. The van der Waals surface area contributed by atoms with Crippen molar-refractivity contribution in [2.45, 2.75) is 19.5 Å². The molecule has 0 aromatic heterocycles. The SMILES string of the molecule is CCOC(=O)C(N)C(=O)N(C)Cc1ccccc1O. The predicted octanol–water partition coefficient (Wildman–Crippen LogP) is 0.241. The third-order valence-corrected chi connectivity index (χ3v) is 2.58. The van der Waals surface area contributed by atoms with E-state index in [9.17, 15) is 14.7 Å². The molecule has 0 radical (unpaired) electrons. The molecule has 0 spiro atoms. The van der Waals surface area contributed by atoms with Crippen molar-refractivity contribution in [2.24, 2.45) is 5.73 Å². The van der Waals surface area contributed by atoms with E-state index in [4.69, 9.17) is 5.73 Å². The molecular formula is C13H18N2O4. The Morgan fingerprint density at radius 2 is 2.05 bits per heavy atom. The molecule has 104 valence electrons. The summed E-state index contributed by atoms with van der Waals surface area (Å²) in [7, 11) is 1.51. The van der Waals surface area contributed by atoms with Gasteiger partial charge in [-0.05, 0) is 13.0 Å². The molecule has 1 unspecified atom stereocenters. The first-order valence-corrected chi connectivity index (χ1v) is 5.91. The zero-order valence-corrected chi connectivity index (χ0v) is 11.0. The van der Waals surface area contributed by atoms with Crippen LogP contribution in [-0.4, -0.2) is 41.6 Å². The van der Waals surface area contributed by atoms with E-state index in [1.54, 1.807) is 25.1 Å². The Hall–Kier alpha value is -2.08. The van der Waals surface area contributed by atoms with Gasteiger partial charge in [-0.3, -0.25) is 4.79 Å². The number of carbonyl (C=O) groups is 2. The molecule has 1 rings (SSSR count). The number of rotatable bonds is 5. The Labute approximate surface area is 111 Å². The maximum absolute atomic E-state index is 11.9. The molecule has 0 saturated heterocycles. The van der Waals surface area contributed by atoms with E-state index in [0.717, 1.165) is 0 Å². The van der Waals surface area contributed by atoms with Crippen molar-refractivity contribution in [2.75, 3.05) is 13.7 Å². The van der Waals surface area contributed by atoms with Gasteiger partial charge in [0.25, 0.3) is 5.91 Å². The molecule has 0 aliphatic rings. The van der Waals surface area contributed by atoms with Gasteiger partial charge in [-0.1, -0.05) is 18.2 Å². The van der Waals surface area contributed by atoms with Crippen molar-refractivity contribution >= 4 is 11.9 Å². The zero-order chi connectivity index (χ0) is 14.4. The number of benzene rings is 1. The van der Waals surface area contributed by atoms with E-state index < -0.39 is 17.9 Å². The number of hydrogen-bond donors (Lipinski definition) is 2. The van der Waals surface area contributed by atoms with Gasteiger partial charge in [0.05, 0.1) is 6.61 Å². The largest absolute Gasteiger partial charge is 0.508 e. The molecule has 0 saturated carbocycles. The number of para-hydroxylation sites is 1. The number of esters is 1. The highest BCUT2D eigenvalue weighted by Gasteiger charge is 2.26. The van der Waals surface area contributed by atoms with E-state index in [-0.39, 0.29) is 18.9 Å². The van der Waals surface area contributed by atoms with E-state index >= 15 is 0 Å². The second kappa shape index (κ2) is 6.75. The lowest BCUT2D eigenvalue weighted by Gasteiger charge is -2.20. The molecule has 6 heteroatoms. The molecule has 6 nitrogen and oxygen atoms in total. The fourth-order valence-corrected chi connectivity index (χ4v) is 1.55. The summed E-state index contributed by atoms with van der Waals surface area (Å²) in [6.07, 6.45) is 0. The van der Waals surface area contributed by atoms with Crippen LogP contribution in [0.2, 0.25) is 0 Å². The standard InChI is InChI=1S/C13H18N2O4/c1-3-19-13(18)11(14)12(17)15(2)8-9-6-4-5-7-10(9)16/h4-7,11,16H,3,8,14H2,1-2H3. The van der Waals surface area contributed by atoms with Crippen molar-refractivity contribution in [3.63, 3.8) is 0 Å². The number of likely N-dealkylation sites (N-methyl/N-ethyl adjacent to an activating group) is 1. The maximum Gasteiger partial charge on any atom is 0.332 e. The molecule has 1 aromatic carbocycles. The topological polar surface area (TPSA) is 92.9 Å². The van der Waals surface area contributed by atoms with Gasteiger partial charge in [0.2, 0.25) is 0 Å². The molecule has 19 heavy (non-hydrogen) atoms. The molecule has 1 atom stereocenters. The van der Waals surface area contributed by atoms with Gasteiger partial charge in [0.1, 0.15) is 5.75 Å². The lowest BCUT2D eigenvalue weighted by Crippen LogP contribution is -2.47. The molecule has 0 heterocycles. The third-order valence-electron chi connectivity index (χ3n) is 2.58. The first kappa shape index (κ1) is 15.0. The minimum atomic E-state index is -1.34. The zero-order valence-electron chi connectivity index (χ0n) is 11.0. The monoisotopic (exact) mass is 266 g/mol. The van der Waals surface area contributed by atoms with E-state index in [0.29, 0.717) is 5.56 Å². The molecular weight excluding hydrogens is 248 g/mol.